The van der Waals surface area contributed by atoms with Gasteiger partial charge in [0.15, 0.2) is 0 Å². The van der Waals surface area contributed by atoms with Gasteiger partial charge in [-0.25, -0.2) is 0 Å². The van der Waals surface area contributed by atoms with Crippen molar-refractivity contribution in [2.24, 2.45) is 5.92 Å². The molecule has 1 fully saturated rings. The molecular weight excluding hydrogens is 280 g/mol. The Balaban J connectivity index is 0.00000324. The van der Waals surface area contributed by atoms with Crippen molar-refractivity contribution in [2.75, 3.05) is 32.1 Å². The normalized spacial score (nSPS) is 17.6. The summed E-state index contributed by atoms with van der Waals surface area (Å²) in [6, 6.07) is 0.373. The number of hydrogen-bond donors (Lipinski definition) is 1. The first kappa shape index (κ1) is 19.1. The Hall–Kier alpha value is 0.0700. The molecule has 114 valence electrons. The maximum atomic E-state index is 12.1. The minimum absolute atomic E-state index is 0. The topological polar surface area (TPSA) is 32.3 Å². The number of carbonyl (C=O) groups excluding carboxylic acids is 1. The molecule has 1 aliphatic heterocycles. The minimum Gasteiger partial charge on any atom is -0.343 e. The molecule has 3 nitrogen and oxygen atoms in total. The summed E-state index contributed by atoms with van der Waals surface area (Å²) in [5, 5.41) is 3.37. The molecule has 1 N–H and O–H groups in total. The van der Waals surface area contributed by atoms with E-state index in [2.05, 4.69) is 18.5 Å². The van der Waals surface area contributed by atoms with E-state index in [1.54, 1.807) is 0 Å². The predicted molar refractivity (Wildman–Crippen MR) is 87.3 cm³/mol. The van der Waals surface area contributed by atoms with E-state index in [-0.39, 0.29) is 12.4 Å². The van der Waals surface area contributed by atoms with E-state index >= 15 is 0 Å². The van der Waals surface area contributed by atoms with Crippen LogP contribution in [0.15, 0.2) is 0 Å². The predicted octanol–water partition coefficient (Wildman–Crippen LogP) is 2.79. The van der Waals surface area contributed by atoms with Crippen molar-refractivity contribution < 1.29 is 4.79 Å². The molecule has 1 rings (SSSR count). The summed E-state index contributed by atoms with van der Waals surface area (Å²) in [6.45, 7) is 4.40. The van der Waals surface area contributed by atoms with Gasteiger partial charge in [-0.05, 0) is 63.6 Å². The molecule has 0 aromatic rings. The van der Waals surface area contributed by atoms with E-state index < -0.39 is 0 Å². The number of nitrogens with zero attached hydrogens (tertiary/aromatic N) is 1. The number of piperidine rings is 1. The second-order valence-corrected chi connectivity index (χ2v) is 6.35. The fourth-order valence-corrected chi connectivity index (χ4v) is 2.98. The molecule has 1 heterocycles. The molecule has 0 radical (unpaired) electrons. The van der Waals surface area contributed by atoms with Crippen LogP contribution in [0.2, 0.25) is 0 Å². The highest BCUT2D eigenvalue weighted by atomic mass is 35.5. The van der Waals surface area contributed by atoms with Crippen LogP contribution >= 0.6 is 24.2 Å². The SMILES string of the molecule is CSCCC(C)N(C)C(=O)CCC1CCNCC1.Cl. The van der Waals surface area contributed by atoms with Gasteiger partial charge in [0.2, 0.25) is 5.91 Å². The van der Waals surface area contributed by atoms with Crippen molar-refractivity contribution in [1.82, 2.24) is 10.2 Å². The summed E-state index contributed by atoms with van der Waals surface area (Å²) in [6.07, 6.45) is 7.48. The van der Waals surface area contributed by atoms with Crippen LogP contribution in [0.3, 0.4) is 0 Å². The lowest BCUT2D eigenvalue weighted by atomic mass is 9.93. The molecule has 1 unspecified atom stereocenters. The van der Waals surface area contributed by atoms with Gasteiger partial charge in [-0.2, -0.15) is 11.8 Å². The molecule has 5 heteroatoms. The average Bonchev–Trinajstić information content (AvgIpc) is 2.42. The molecule has 1 saturated heterocycles. The Morgan fingerprint density at radius 1 is 1.42 bits per heavy atom. The van der Waals surface area contributed by atoms with Gasteiger partial charge in [0.25, 0.3) is 0 Å². The van der Waals surface area contributed by atoms with Crippen LogP contribution in [0.4, 0.5) is 0 Å². The molecule has 0 spiro atoms. The van der Waals surface area contributed by atoms with Crippen molar-refractivity contribution in [3.8, 4) is 0 Å². The van der Waals surface area contributed by atoms with Crippen LogP contribution in [0.25, 0.3) is 0 Å². The van der Waals surface area contributed by atoms with Crippen LogP contribution < -0.4 is 5.32 Å². The van der Waals surface area contributed by atoms with E-state index in [4.69, 9.17) is 0 Å². The average molecular weight is 309 g/mol. The molecule has 0 aromatic heterocycles. The highest BCUT2D eigenvalue weighted by molar-refractivity contribution is 7.98. The molecule has 1 atom stereocenters. The van der Waals surface area contributed by atoms with Crippen molar-refractivity contribution in [1.29, 1.82) is 0 Å². The van der Waals surface area contributed by atoms with Crippen LogP contribution in [0, 0.1) is 5.92 Å². The zero-order chi connectivity index (χ0) is 13.4. The third-order valence-electron chi connectivity index (χ3n) is 4.02. The van der Waals surface area contributed by atoms with Gasteiger partial charge in [-0.1, -0.05) is 0 Å². The molecule has 0 aromatic carbocycles. The Bertz CT molecular complexity index is 248. The number of halogens is 1. The van der Waals surface area contributed by atoms with Gasteiger partial charge in [-0.15, -0.1) is 12.4 Å². The Labute approximate surface area is 128 Å². The minimum atomic E-state index is 0. The first-order valence-corrected chi connectivity index (χ1v) is 8.49. The number of amides is 1. The second kappa shape index (κ2) is 10.8. The Morgan fingerprint density at radius 2 is 2.05 bits per heavy atom. The summed E-state index contributed by atoms with van der Waals surface area (Å²) in [7, 11) is 1.95. The number of thioether (sulfide) groups is 1. The highest BCUT2D eigenvalue weighted by Crippen LogP contribution is 2.18. The summed E-state index contributed by atoms with van der Waals surface area (Å²) in [5.74, 6) is 2.21. The largest absolute Gasteiger partial charge is 0.343 e. The third-order valence-corrected chi connectivity index (χ3v) is 4.66. The van der Waals surface area contributed by atoms with E-state index in [0.717, 1.165) is 44.0 Å². The van der Waals surface area contributed by atoms with Crippen LogP contribution in [-0.4, -0.2) is 49.0 Å². The summed E-state index contributed by atoms with van der Waals surface area (Å²) in [5.41, 5.74) is 0. The molecule has 19 heavy (non-hydrogen) atoms. The lowest BCUT2D eigenvalue weighted by Gasteiger charge is -2.27. The first-order chi connectivity index (χ1) is 8.65. The van der Waals surface area contributed by atoms with Gasteiger partial charge < -0.3 is 10.2 Å². The molecule has 1 aliphatic rings. The number of hydrogen-bond acceptors (Lipinski definition) is 3. The fraction of sp³-hybridized carbons (Fsp3) is 0.929. The zero-order valence-electron chi connectivity index (χ0n) is 12.5. The van der Waals surface area contributed by atoms with E-state index in [1.165, 1.54) is 12.8 Å². The van der Waals surface area contributed by atoms with Gasteiger partial charge in [0.05, 0.1) is 0 Å². The summed E-state index contributed by atoms with van der Waals surface area (Å²) >= 11 is 1.85. The smallest absolute Gasteiger partial charge is 0.222 e. The summed E-state index contributed by atoms with van der Waals surface area (Å²) in [4.78, 5) is 14.0. The first-order valence-electron chi connectivity index (χ1n) is 7.10. The van der Waals surface area contributed by atoms with Crippen LogP contribution in [-0.2, 0) is 4.79 Å². The lowest BCUT2D eigenvalue weighted by molar-refractivity contribution is -0.132. The third kappa shape index (κ3) is 7.42. The number of carbonyl (C=O) groups is 1. The van der Waals surface area contributed by atoms with E-state index in [0.29, 0.717) is 11.9 Å². The highest BCUT2D eigenvalue weighted by Gasteiger charge is 2.18. The fourth-order valence-electron chi connectivity index (χ4n) is 2.40. The maximum absolute atomic E-state index is 12.1. The van der Waals surface area contributed by atoms with Crippen LogP contribution in [0.5, 0.6) is 0 Å². The molecular formula is C14H29ClN2OS. The van der Waals surface area contributed by atoms with Gasteiger partial charge in [0.1, 0.15) is 0 Å². The quantitative estimate of drug-likeness (QED) is 0.785. The van der Waals surface area contributed by atoms with E-state index in [1.807, 2.05) is 23.7 Å². The Kier molecular flexibility index (Phi) is 10.8. The molecule has 0 bridgehead atoms. The molecule has 0 saturated carbocycles. The molecule has 0 aliphatic carbocycles. The van der Waals surface area contributed by atoms with Crippen molar-refractivity contribution in [3.63, 3.8) is 0 Å². The number of rotatable bonds is 7. The van der Waals surface area contributed by atoms with Crippen molar-refractivity contribution in [2.45, 2.75) is 45.1 Å². The van der Waals surface area contributed by atoms with Gasteiger partial charge >= 0.3 is 0 Å². The Morgan fingerprint density at radius 3 is 2.63 bits per heavy atom. The van der Waals surface area contributed by atoms with E-state index in [9.17, 15) is 4.79 Å². The number of nitrogens with one attached hydrogen (secondary N) is 1. The zero-order valence-corrected chi connectivity index (χ0v) is 14.1. The van der Waals surface area contributed by atoms with Gasteiger partial charge in [-0.3, -0.25) is 4.79 Å². The monoisotopic (exact) mass is 308 g/mol. The van der Waals surface area contributed by atoms with Crippen LogP contribution in [0.1, 0.15) is 39.0 Å². The standard InChI is InChI=1S/C14H28N2OS.ClH/c1-12(8-11-18-3)16(2)14(17)5-4-13-6-9-15-10-7-13;/h12-13,15H,4-11H2,1-3H3;1H. The molecule has 1 amide bonds. The van der Waals surface area contributed by atoms with Crippen molar-refractivity contribution in [3.05, 3.63) is 0 Å². The summed E-state index contributed by atoms with van der Waals surface area (Å²) < 4.78 is 0. The second-order valence-electron chi connectivity index (χ2n) is 5.37. The lowest BCUT2D eigenvalue weighted by Crippen LogP contribution is -2.36. The van der Waals surface area contributed by atoms with Gasteiger partial charge in [0, 0.05) is 19.5 Å². The van der Waals surface area contributed by atoms with Crippen molar-refractivity contribution >= 4 is 30.1 Å². The maximum Gasteiger partial charge on any atom is 0.222 e.